The van der Waals surface area contributed by atoms with Crippen LogP contribution in [0.3, 0.4) is 0 Å². The Bertz CT molecular complexity index is 569. The van der Waals surface area contributed by atoms with E-state index in [9.17, 15) is 4.79 Å². The Morgan fingerprint density at radius 3 is 3.00 bits per heavy atom. The van der Waals surface area contributed by atoms with E-state index < -0.39 is 0 Å². The fraction of sp³-hybridized carbons (Fsp3) is 0.500. The van der Waals surface area contributed by atoms with E-state index in [0.717, 1.165) is 12.0 Å². The molecule has 1 N–H and O–H groups in total. The quantitative estimate of drug-likeness (QED) is 0.681. The number of benzene rings is 1. The van der Waals surface area contributed by atoms with Crippen LogP contribution in [0.1, 0.15) is 32.3 Å². The van der Waals surface area contributed by atoms with Crippen LogP contribution in [0.25, 0.3) is 0 Å². The van der Waals surface area contributed by atoms with Crippen molar-refractivity contribution in [3.63, 3.8) is 0 Å². The molecule has 0 fully saturated rings. The highest BCUT2D eigenvalue weighted by molar-refractivity contribution is 7.61. The van der Waals surface area contributed by atoms with Crippen LogP contribution in [0.2, 0.25) is 0 Å². The Balaban J connectivity index is 1.84. The van der Waals surface area contributed by atoms with Crippen LogP contribution in [0.4, 0.5) is 16.2 Å². The van der Waals surface area contributed by atoms with E-state index in [4.69, 9.17) is 7.98 Å². The van der Waals surface area contributed by atoms with Gasteiger partial charge < -0.3 is 14.8 Å². The van der Waals surface area contributed by atoms with Gasteiger partial charge in [-0.05, 0) is 17.7 Å². The fourth-order valence-corrected chi connectivity index (χ4v) is 6.07. The summed E-state index contributed by atoms with van der Waals surface area (Å²) in [5.74, 6) is 0.828. The highest BCUT2D eigenvalue weighted by atomic mass is 31.1. The Morgan fingerprint density at radius 2 is 2.29 bits per heavy atom. The molecule has 2 heterocycles. The SMILES string of the molecule is [B]N(CP[C@H]1[C@@H](C)c2cccc3c2N1PC(=O)N3)C(C)C. The minimum Gasteiger partial charge on any atom is -0.348 e. The van der Waals surface area contributed by atoms with Crippen LogP contribution < -0.4 is 9.99 Å². The van der Waals surface area contributed by atoms with E-state index >= 15 is 0 Å². The monoisotopic (exact) mass is 319 g/mol. The van der Waals surface area contributed by atoms with Crippen LogP contribution in [0.15, 0.2) is 18.2 Å². The first-order valence-electron chi connectivity index (χ1n) is 7.23. The Hall–Kier alpha value is -0.625. The van der Waals surface area contributed by atoms with Gasteiger partial charge in [-0.15, -0.1) is 0 Å². The summed E-state index contributed by atoms with van der Waals surface area (Å²) in [5, 5.41) is 3.00. The Labute approximate surface area is 131 Å². The van der Waals surface area contributed by atoms with Crippen LogP contribution in [-0.4, -0.2) is 36.6 Å². The van der Waals surface area contributed by atoms with Gasteiger partial charge in [0.15, 0.2) is 7.98 Å². The van der Waals surface area contributed by atoms with Gasteiger partial charge in [0.05, 0.1) is 25.9 Å². The number of carbonyl (C=O) groups excluding carboxylic acids is 1. The number of hydrogen-bond acceptors (Lipinski definition) is 3. The molecule has 0 saturated carbocycles. The zero-order valence-corrected chi connectivity index (χ0v) is 14.6. The van der Waals surface area contributed by atoms with Crippen molar-refractivity contribution in [2.75, 3.05) is 16.3 Å². The molecule has 0 aromatic heterocycles. The van der Waals surface area contributed by atoms with Gasteiger partial charge in [-0.25, -0.2) is 0 Å². The summed E-state index contributed by atoms with van der Waals surface area (Å²) < 4.78 is 2.31. The molecule has 2 radical (unpaired) electrons. The number of amides is 1. The zero-order chi connectivity index (χ0) is 15.1. The van der Waals surface area contributed by atoms with Crippen LogP contribution in [-0.2, 0) is 0 Å². The van der Waals surface area contributed by atoms with Crippen LogP contribution >= 0.6 is 17.3 Å². The second-order valence-electron chi connectivity index (χ2n) is 5.88. The predicted molar refractivity (Wildman–Crippen MR) is 94.4 cm³/mol. The summed E-state index contributed by atoms with van der Waals surface area (Å²) in [5.41, 5.74) is 3.65. The van der Waals surface area contributed by atoms with Crippen molar-refractivity contribution in [3.05, 3.63) is 23.8 Å². The van der Waals surface area contributed by atoms with Gasteiger partial charge in [0.25, 0.3) is 5.65 Å². The highest BCUT2D eigenvalue weighted by Gasteiger charge is 2.40. The molecule has 2 aliphatic rings. The van der Waals surface area contributed by atoms with Crippen molar-refractivity contribution in [1.82, 2.24) is 4.81 Å². The van der Waals surface area contributed by atoms with E-state index in [1.165, 1.54) is 11.3 Å². The average Bonchev–Trinajstić information content (AvgIpc) is 2.70. The number of rotatable bonds is 4. The molecule has 110 valence electrons. The summed E-state index contributed by atoms with van der Waals surface area (Å²) in [4.78, 5) is 13.8. The second kappa shape index (κ2) is 5.87. The average molecular weight is 319 g/mol. The fourth-order valence-electron chi connectivity index (χ4n) is 2.87. The zero-order valence-electron chi connectivity index (χ0n) is 12.6. The maximum Gasteiger partial charge on any atom is 0.263 e. The van der Waals surface area contributed by atoms with Gasteiger partial charge in [-0.3, -0.25) is 4.79 Å². The number of para-hydroxylation sites is 1. The van der Waals surface area contributed by atoms with E-state index in [1.54, 1.807) is 0 Å². The molecule has 4 nitrogen and oxygen atoms in total. The third-order valence-electron chi connectivity index (χ3n) is 4.17. The summed E-state index contributed by atoms with van der Waals surface area (Å²) in [7, 11) is 6.93. The number of hydrogen-bond donors (Lipinski definition) is 1. The lowest BCUT2D eigenvalue weighted by molar-refractivity contribution is 0.269. The number of nitrogens with zero attached hydrogens (tertiary/aromatic N) is 2. The van der Waals surface area contributed by atoms with E-state index in [-0.39, 0.29) is 14.4 Å². The highest BCUT2D eigenvalue weighted by Crippen LogP contribution is 2.57. The lowest BCUT2D eigenvalue weighted by atomic mass is 10.0. The molecule has 4 atom stereocenters. The molecule has 0 saturated heterocycles. The van der Waals surface area contributed by atoms with E-state index in [0.29, 0.717) is 26.3 Å². The first kappa shape index (κ1) is 15.3. The van der Waals surface area contributed by atoms with Crippen molar-refractivity contribution in [3.8, 4) is 0 Å². The van der Waals surface area contributed by atoms with Crippen LogP contribution in [0, 0.1) is 0 Å². The van der Waals surface area contributed by atoms with Crippen molar-refractivity contribution in [2.45, 2.75) is 38.5 Å². The second-order valence-corrected chi connectivity index (χ2v) is 8.36. The van der Waals surface area contributed by atoms with Crippen LogP contribution in [0.5, 0.6) is 0 Å². The molecule has 3 rings (SSSR count). The molecule has 0 spiro atoms. The maximum atomic E-state index is 11.9. The molecule has 1 aromatic rings. The molecule has 2 aliphatic heterocycles. The predicted octanol–water partition coefficient (Wildman–Crippen LogP) is 3.51. The van der Waals surface area contributed by atoms with Gasteiger partial charge in [-0.1, -0.05) is 41.5 Å². The smallest absolute Gasteiger partial charge is 0.263 e. The molecule has 1 amide bonds. The third kappa shape index (κ3) is 2.72. The van der Waals surface area contributed by atoms with E-state index in [2.05, 4.69) is 36.8 Å². The Morgan fingerprint density at radius 1 is 1.52 bits per heavy atom. The summed E-state index contributed by atoms with van der Waals surface area (Å²) in [6.07, 6.45) is 0.874. The van der Waals surface area contributed by atoms with Gasteiger partial charge in [0, 0.05) is 12.2 Å². The largest absolute Gasteiger partial charge is 0.348 e. The molecule has 21 heavy (non-hydrogen) atoms. The standard InChI is InChI=1S/C14H20BN3OP2/c1-8(2)17(15)7-20-13-9(3)10-5-4-6-11-12(10)18(13)21-14(19)16-11/h4-6,8-9,13,20-21H,7H2,1-3H3,(H,16,19)/t9-,13-/m0/s1. The van der Waals surface area contributed by atoms with Gasteiger partial charge >= 0.3 is 0 Å². The third-order valence-corrected chi connectivity index (χ3v) is 7.22. The first-order chi connectivity index (χ1) is 9.99. The molecule has 0 aliphatic carbocycles. The first-order valence-corrected chi connectivity index (χ1v) is 9.46. The number of anilines is 2. The number of nitrogens with one attached hydrogen (secondary N) is 1. The minimum absolute atomic E-state index is 0.108. The maximum absolute atomic E-state index is 11.9. The molecule has 2 unspecified atom stereocenters. The molecular formula is C14H20BN3OP2. The summed E-state index contributed by atoms with van der Waals surface area (Å²) in [6, 6.07) is 6.56. The Kier molecular flexibility index (Phi) is 4.27. The molecule has 0 bridgehead atoms. The summed E-state index contributed by atoms with van der Waals surface area (Å²) in [6.45, 7) is 6.47. The summed E-state index contributed by atoms with van der Waals surface area (Å²) >= 11 is 0. The van der Waals surface area contributed by atoms with Crippen molar-refractivity contribution < 1.29 is 4.79 Å². The molecular weight excluding hydrogens is 299 g/mol. The van der Waals surface area contributed by atoms with Gasteiger partial charge in [-0.2, -0.15) is 0 Å². The van der Waals surface area contributed by atoms with Crippen molar-refractivity contribution in [1.29, 1.82) is 0 Å². The topological polar surface area (TPSA) is 35.6 Å². The van der Waals surface area contributed by atoms with Crippen molar-refractivity contribution >= 4 is 42.3 Å². The minimum atomic E-state index is 0.108. The van der Waals surface area contributed by atoms with Crippen molar-refractivity contribution in [2.24, 2.45) is 0 Å². The normalized spacial score (nSPS) is 25.4. The van der Waals surface area contributed by atoms with Gasteiger partial charge in [0.2, 0.25) is 0 Å². The van der Waals surface area contributed by atoms with E-state index in [1.807, 2.05) is 16.9 Å². The molecule has 7 heteroatoms. The lowest BCUT2D eigenvalue weighted by Gasteiger charge is -2.34. The lowest BCUT2D eigenvalue weighted by Crippen LogP contribution is -2.32. The molecule has 1 aromatic carbocycles. The number of carbonyl (C=O) groups is 1. The van der Waals surface area contributed by atoms with Gasteiger partial charge in [0.1, 0.15) is 0 Å².